The van der Waals surface area contributed by atoms with Gasteiger partial charge in [-0.25, -0.2) is 0 Å². The van der Waals surface area contributed by atoms with Crippen LogP contribution in [0.3, 0.4) is 0 Å². The third-order valence-corrected chi connectivity index (χ3v) is 9.11. The second-order valence-electron chi connectivity index (χ2n) is 16.2. The van der Waals surface area contributed by atoms with E-state index in [0.717, 1.165) is 26.2 Å². The summed E-state index contributed by atoms with van der Waals surface area (Å²) >= 11 is 0. The van der Waals surface area contributed by atoms with Gasteiger partial charge in [-0.15, -0.1) is 0 Å². The average Bonchev–Trinajstić information content (AvgIpc) is 2.81. The number of fused-ring (bicyclic) bond motifs is 1. The van der Waals surface area contributed by atoms with Gasteiger partial charge in [-0.2, -0.15) is 0 Å². The maximum absolute atomic E-state index is 4.14. The van der Waals surface area contributed by atoms with E-state index in [1.165, 1.54) is 22.3 Å². The predicted octanol–water partition coefficient (Wildman–Crippen LogP) is 6.99. The van der Waals surface area contributed by atoms with Crippen LogP contribution in [-0.2, 0) is 0 Å². The van der Waals surface area contributed by atoms with Crippen molar-refractivity contribution in [3.05, 3.63) is 70.8 Å². The molecule has 0 fully saturated rings. The molecule has 2 bridgehead atoms. The quantitative estimate of drug-likeness (QED) is 0.374. The highest BCUT2D eigenvalue weighted by Gasteiger charge is 2.49. The van der Waals surface area contributed by atoms with Crippen molar-refractivity contribution in [3.63, 3.8) is 0 Å². The molecule has 0 unspecified atom stereocenters. The maximum atomic E-state index is 4.14. The summed E-state index contributed by atoms with van der Waals surface area (Å²) in [6.07, 6.45) is 0. The molecule has 4 heteroatoms. The zero-order valence-electron chi connectivity index (χ0n) is 27.7. The fourth-order valence-electron chi connectivity index (χ4n) is 8.21. The first-order valence-corrected chi connectivity index (χ1v) is 15.6. The van der Waals surface area contributed by atoms with Gasteiger partial charge in [0, 0.05) is 72.3 Å². The average molecular weight is 547 g/mol. The van der Waals surface area contributed by atoms with Gasteiger partial charge in [0.2, 0.25) is 0 Å². The number of benzene rings is 2. The van der Waals surface area contributed by atoms with Crippen molar-refractivity contribution < 1.29 is 0 Å². The number of hydrogen-bond acceptors (Lipinski definition) is 4. The summed E-state index contributed by atoms with van der Waals surface area (Å²) in [5, 5.41) is 8.28. The molecule has 0 aromatic heterocycles. The van der Waals surface area contributed by atoms with Crippen LogP contribution in [0.1, 0.15) is 117 Å². The van der Waals surface area contributed by atoms with E-state index in [0.29, 0.717) is 23.9 Å². The highest BCUT2D eigenvalue weighted by atomic mass is 15.3. The molecule has 0 amide bonds. The molecule has 3 aliphatic rings. The Morgan fingerprint density at radius 3 is 0.950 bits per heavy atom. The lowest BCUT2D eigenvalue weighted by atomic mass is 9.59. The summed E-state index contributed by atoms with van der Waals surface area (Å²) in [5.41, 5.74) is 6.51. The van der Waals surface area contributed by atoms with Gasteiger partial charge in [0.1, 0.15) is 0 Å². The molecular weight excluding hydrogens is 488 g/mol. The molecule has 0 radical (unpaired) electrons. The molecule has 2 atom stereocenters. The summed E-state index contributed by atoms with van der Waals surface area (Å²) in [6, 6.07) is 19.1. The molecule has 2 N–H and O–H groups in total. The van der Waals surface area contributed by atoms with E-state index in [1.807, 2.05) is 0 Å². The van der Waals surface area contributed by atoms with Gasteiger partial charge < -0.3 is 10.6 Å². The van der Waals surface area contributed by atoms with Crippen molar-refractivity contribution in [2.75, 3.05) is 26.2 Å². The van der Waals surface area contributed by atoms with Crippen LogP contribution in [0.15, 0.2) is 48.5 Å². The van der Waals surface area contributed by atoms with E-state index in [1.54, 1.807) is 0 Å². The van der Waals surface area contributed by atoms with Crippen LogP contribution in [0.5, 0.6) is 0 Å². The zero-order valence-corrected chi connectivity index (χ0v) is 27.7. The van der Waals surface area contributed by atoms with Crippen LogP contribution in [0.25, 0.3) is 0 Å². The first kappa shape index (κ1) is 31.2. The van der Waals surface area contributed by atoms with Gasteiger partial charge in [-0.3, -0.25) is 9.80 Å². The molecule has 2 aromatic rings. The minimum absolute atomic E-state index is 0.117. The molecule has 40 heavy (non-hydrogen) atoms. The van der Waals surface area contributed by atoms with Gasteiger partial charge >= 0.3 is 0 Å². The summed E-state index contributed by atoms with van der Waals surface area (Å²) in [7, 11) is 0. The molecule has 0 saturated heterocycles. The lowest BCUT2D eigenvalue weighted by Gasteiger charge is -2.52. The second kappa shape index (κ2) is 11.2. The van der Waals surface area contributed by atoms with Gasteiger partial charge in [-0.1, -0.05) is 48.5 Å². The van der Waals surface area contributed by atoms with Crippen molar-refractivity contribution >= 4 is 0 Å². The molecule has 0 saturated carbocycles. The number of rotatable bonds is 8. The normalized spacial score (nSPS) is 23.1. The topological polar surface area (TPSA) is 30.5 Å². The van der Waals surface area contributed by atoms with Crippen LogP contribution in [0.4, 0.5) is 0 Å². The van der Waals surface area contributed by atoms with Crippen molar-refractivity contribution in [1.82, 2.24) is 20.4 Å². The van der Waals surface area contributed by atoms with E-state index in [-0.39, 0.29) is 22.2 Å². The van der Waals surface area contributed by atoms with Crippen LogP contribution >= 0.6 is 0 Å². The molecule has 222 valence electrons. The van der Waals surface area contributed by atoms with Gasteiger partial charge in [-0.05, 0) is 105 Å². The van der Waals surface area contributed by atoms with Crippen LogP contribution in [0.2, 0.25) is 0 Å². The van der Waals surface area contributed by atoms with Crippen LogP contribution in [-0.4, -0.2) is 70.2 Å². The van der Waals surface area contributed by atoms with Crippen molar-refractivity contribution in [1.29, 1.82) is 0 Å². The van der Waals surface area contributed by atoms with Gasteiger partial charge in [0.25, 0.3) is 0 Å². The number of nitrogens with one attached hydrogen (secondary N) is 2. The standard InChI is InChI=1S/C36H58N4/c1-33(2,3)39(34(4,5)6)23-21-37-31-29-25-17-13-15-19-27(25)30(28-20-16-14-18-26(28)29)32(31)38-22-24-40(35(7,8)9)36(10,11)12/h13-20,29-32,37-38H,21-24H2,1-12H3/t29?,30?,31-,32-/m1/s1. The van der Waals surface area contributed by atoms with E-state index >= 15 is 0 Å². The highest BCUT2D eigenvalue weighted by Crippen LogP contribution is 2.52. The summed E-state index contributed by atoms with van der Waals surface area (Å²) < 4.78 is 0. The largest absolute Gasteiger partial charge is 0.310 e. The van der Waals surface area contributed by atoms with E-state index < -0.39 is 0 Å². The minimum atomic E-state index is 0.117. The SMILES string of the molecule is CC(C)(C)N(CCN[C@@H]1C2c3ccccc3C(c3ccccc32)[C@H]1NCCN(C(C)(C)C)C(C)(C)C)C(C)(C)C. The van der Waals surface area contributed by atoms with E-state index in [2.05, 4.69) is 152 Å². The molecule has 4 nitrogen and oxygen atoms in total. The van der Waals surface area contributed by atoms with E-state index in [9.17, 15) is 0 Å². The third kappa shape index (κ3) is 6.36. The van der Waals surface area contributed by atoms with Gasteiger partial charge in [0.15, 0.2) is 0 Å². The lowest BCUT2D eigenvalue weighted by Crippen LogP contribution is -2.63. The smallest absolute Gasteiger partial charge is 0.0340 e. The summed E-state index contributed by atoms with van der Waals surface area (Å²) in [5.74, 6) is 0.711. The number of nitrogens with zero attached hydrogens (tertiary/aromatic N) is 2. The van der Waals surface area contributed by atoms with Crippen LogP contribution < -0.4 is 10.6 Å². The first-order chi connectivity index (χ1) is 18.4. The molecule has 0 spiro atoms. The van der Waals surface area contributed by atoms with Crippen molar-refractivity contribution in [3.8, 4) is 0 Å². The Labute approximate surface area is 246 Å². The molecule has 2 aromatic carbocycles. The van der Waals surface area contributed by atoms with Gasteiger partial charge in [0.05, 0.1) is 0 Å². The fraction of sp³-hybridized carbons (Fsp3) is 0.667. The molecular formula is C36H58N4. The Morgan fingerprint density at radius 2 is 0.725 bits per heavy atom. The van der Waals surface area contributed by atoms with E-state index in [4.69, 9.17) is 0 Å². The molecule has 0 aliphatic heterocycles. The minimum Gasteiger partial charge on any atom is -0.310 e. The van der Waals surface area contributed by atoms with Crippen LogP contribution in [0, 0.1) is 0 Å². The van der Waals surface area contributed by atoms with Crippen molar-refractivity contribution in [2.24, 2.45) is 0 Å². The molecule has 5 rings (SSSR count). The lowest BCUT2D eigenvalue weighted by molar-refractivity contribution is 0.0354. The summed E-state index contributed by atoms with van der Waals surface area (Å²) in [4.78, 5) is 5.28. The first-order valence-electron chi connectivity index (χ1n) is 15.6. The Morgan fingerprint density at radius 1 is 0.475 bits per heavy atom. The maximum Gasteiger partial charge on any atom is 0.0340 e. The molecule has 0 heterocycles. The Kier molecular flexibility index (Phi) is 8.72. The molecule has 3 aliphatic carbocycles. The fourth-order valence-corrected chi connectivity index (χ4v) is 8.21. The number of hydrogen-bond donors (Lipinski definition) is 2. The monoisotopic (exact) mass is 546 g/mol. The predicted molar refractivity (Wildman–Crippen MR) is 173 cm³/mol. The summed E-state index contributed by atoms with van der Waals surface area (Å²) in [6.45, 7) is 32.1. The third-order valence-electron chi connectivity index (χ3n) is 9.11. The highest BCUT2D eigenvalue weighted by molar-refractivity contribution is 5.58. The zero-order chi connectivity index (χ0) is 29.7. The Bertz CT molecular complexity index is 975. The Hall–Kier alpha value is -1.72. The Balaban J connectivity index is 1.64. The second-order valence-corrected chi connectivity index (χ2v) is 16.2. The van der Waals surface area contributed by atoms with Crippen molar-refractivity contribution in [2.45, 2.75) is 129 Å².